The minimum Gasteiger partial charge on any atom is -0.305 e. The average Bonchev–Trinajstić information content (AvgIpc) is 3.33. The molecular weight excluding hydrogens is 651 g/mol. The van der Waals surface area contributed by atoms with Gasteiger partial charge in [-0.15, -0.1) is 59.2 Å². The van der Waals surface area contributed by atoms with E-state index in [0.717, 1.165) is 31.6 Å². The summed E-state index contributed by atoms with van der Waals surface area (Å²) >= 11 is 1.49. The smallest absolute Gasteiger partial charge is 0.113 e. The van der Waals surface area contributed by atoms with Crippen LogP contribution in [0.1, 0.15) is 46.2 Å². The van der Waals surface area contributed by atoms with Gasteiger partial charge in [-0.1, -0.05) is 56.4 Å². The number of nitrogens with zero attached hydrogens (tertiary/aromatic N) is 3. The Morgan fingerprint density at radius 1 is 0.919 bits per heavy atom. The van der Waals surface area contributed by atoms with Gasteiger partial charge < -0.3 is 9.97 Å². The van der Waals surface area contributed by atoms with Gasteiger partial charge in [0, 0.05) is 39.5 Å². The number of hydrogen-bond donors (Lipinski definition) is 0. The molecule has 6 aromatic rings. The molecule has 4 heterocycles. The van der Waals surface area contributed by atoms with Gasteiger partial charge >= 0.3 is 0 Å². The molecule has 0 saturated heterocycles. The number of fused-ring (bicyclic) bond motifs is 3. The van der Waals surface area contributed by atoms with Crippen LogP contribution in [-0.2, 0) is 20.1 Å². The van der Waals surface area contributed by atoms with Gasteiger partial charge in [0.1, 0.15) is 4.83 Å². The second-order valence-electron chi connectivity index (χ2n) is 8.50. The van der Waals surface area contributed by atoms with Crippen molar-refractivity contribution in [2.75, 3.05) is 0 Å². The number of thiophene rings is 1. The quantitative estimate of drug-likeness (QED) is 0.175. The van der Waals surface area contributed by atoms with Crippen molar-refractivity contribution in [2.24, 2.45) is 0 Å². The molecule has 0 saturated carbocycles. The fourth-order valence-electron chi connectivity index (χ4n) is 3.60. The third kappa shape index (κ3) is 6.02. The molecule has 37 heavy (non-hydrogen) atoms. The zero-order valence-corrected chi connectivity index (χ0v) is 23.9. The summed E-state index contributed by atoms with van der Waals surface area (Å²) in [6.07, 6.45) is 1.22. The molecule has 0 N–H and O–H groups in total. The molecule has 0 atom stereocenters. The van der Waals surface area contributed by atoms with E-state index in [1.54, 1.807) is 19.9 Å². The molecule has 4 aromatic heterocycles. The number of aromatic nitrogens is 3. The number of aryl methyl sites for hydroxylation is 2. The third-order valence-corrected chi connectivity index (χ3v) is 6.67. The van der Waals surface area contributed by atoms with Crippen molar-refractivity contribution in [2.45, 2.75) is 33.6 Å². The van der Waals surface area contributed by atoms with Gasteiger partial charge in [-0.3, -0.25) is 0 Å². The Morgan fingerprint density at radius 3 is 2.57 bits per heavy atom. The standard InChI is InChI=1S/C17H11N2S.C15H16N.Ir/c1-11-8-9-13-12-5-4-6-14(15-7-2-3-10-18-15)16(12)20-17(13)19-11;1-11(2)14-8-9-15(16-10-14)13-6-4-12(3)5-7-13;/h2-5,7-10H,1H3;4-6,8-11H,1-3H3;/q2*-1;/i2D,3D,7D,10D;8D,9D,11D;. The Labute approximate surface area is 245 Å². The first kappa shape index (κ1) is 18.9. The molecular formula is C32H27IrN3S-2. The Hall–Kier alpha value is -3.24. The van der Waals surface area contributed by atoms with E-state index >= 15 is 0 Å². The van der Waals surface area contributed by atoms with E-state index in [0.29, 0.717) is 22.4 Å². The van der Waals surface area contributed by atoms with E-state index in [1.165, 1.54) is 17.5 Å². The van der Waals surface area contributed by atoms with Crippen LogP contribution < -0.4 is 0 Å². The molecule has 0 unspecified atom stereocenters. The van der Waals surface area contributed by atoms with Gasteiger partial charge in [0.15, 0.2) is 0 Å². The van der Waals surface area contributed by atoms with E-state index in [4.69, 9.17) is 9.60 Å². The predicted molar refractivity (Wildman–Crippen MR) is 151 cm³/mol. The van der Waals surface area contributed by atoms with Crippen molar-refractivity contribution in [3.8, 4) is 22.5 Å². The van der Waals surface area contributed by atoms with Gasteiger partial charge in [-0.05, 0) is 52.0 Å². The minimum absolute atomic E-state index is 0. The van der Waals surface area contributed by atoms with Crippen LogP contribution in [0.15, 0.2) is 85.0 Å². The van der Waals surface area contributed by atoms with Crippen LogP contribution in [0.4, 0.5) is 0 Å². The molecule has 2 aromatic carbocycles. The van der Waals surface area contributed by atoms with Gasteiger partial charge in [-0.25, -0.2) is 4.98 Å². The maximum absolute atomic E-state index is 8.13. The first-order valence-electron chi connectivity index (χ1n) is 14.9. The van der Waals surface area contributed by atoms with Crippen LogP contribution in [0.3, 0.4) is 0 Å². The van der Waals surface area contributed by atoms with Crippen molar-refractivity contribution in [3.05, 3.63) is 114 Å². The Balaban J connectivity index is 0.000000202. The topological polar surface area (TPSA) is 38.7 Å². The first-order chi connectivity index (χ1) is 20.3. The first-order valence-corrected chi connectivity index (χ1v) is 12.2. The van der Waals surface area contributed by atoms with Gasteiger partial charge in [0.05, 0.1) is 8.22 Å². The Kier molecular flexibility index (Phi) is 6.07. The maximum Gasteiger partial charge on any atom is 0.113 e. The Morgan fingerprint density at radius 2 is 1.78 bits per heavy atom. The van der Waals surface area contributed by atoms with Crippen molar-refractivity contribution in [3.63, 3.8) is 0 Å². The molecule has 0 amide bonds. The molecule has 6 rings (SSSR count). The van der Waals surface area contributed by atoms with Gasteiger partial charge in [0.2, 0.25) is 0 Å². The molecule has 0 aliphatic rings. The number of rotatable bonds is 3. The van der Waals surface area contributed by atoms with E-state index in [1.807, 2.05) is 50.2 Å². The SMILES string of the molecule is [2H]c1c(C([2H])(C)C)cnc(-c2[c-]cc(C)cc2)c1[2H].[2H]c1nc(-c2[c-]ccc3c2sc2nc(C)ccc23)c([2H])c([2H])c1[2H].[Ir]. The number of pyridine rings is 3. The summed E-state index contributed by atoms with van der Waals surface area (Å²) in [5.41, 5.74) is 4.43. The second-order valence-corrected chi connectivity index (χ2v) is 9.50. The molecule has 3 nitrogen and oxygen atoms in total. The van der Waals surface area contributed by atoms with Crippen molar-refractivity contribution in [1.82, 2.24) is 15.0 Å². The van der Waals surface area contributed by atoms with Gasteiger partial charge in [-0.2, -0.15) is 11.3 Å². The summed E-state index contributed by atoms with van der Waals surface area (Å²) < 4.78 is 56.3. The van der Waals surface area contributed by atoms with Gasteiger partial charge in [0.25, 0.3) is 0 Å². The zero-order valence-electron chi connectivity index (χ0n) is 27.7. The van der Waals surface area contributed by atoms with E-state index in [-0.39, 0.29) is 62.2 Å². The van der Waals surface area contributed by atoms with Crippen molar-refractivity contribution < 1.29 is 29.7 Å². The average molecular weight is 685 g/mol. The van der Waals surface area contributed by atoms with Crippen LogP contribution in [0.25, 0.3) is 42.8 Å². The fourth-order valence-corrected chi connectivity index (χ4v) is 4.82. The fraction of sp³-hybridized carbons (Fsp3) is 0.156. The third-order valence-electron chi connectivity index (χ3n) is 5.54. The van der Waals surface area contributed by atoms with Crippen molar-refractivity contribution in [1.29, 1.82) is 0 Å². The molecule has 0 spiro atoms. The summed E-state index contributed by atoms with van der Waals surface area (Å²) in [4.78, 5) is 13.8. The predicted octanol–water partition coefficient (Wildman–Crippen LogP) is 8.60. The van der Waals surface area contributed by atoms with E-state index < -0.39 is 5.89 Å². The van der Waals surface area contributed by atoms with Crippen molar-refractivity contribution >= 4 is 31.6 Å². The van der Waals surface area contributed by atoms with Crippen LogP contribution in [-0.4, -0.2) is 15.0 Å². The Bertz CT molecular complexity index is 2010. The second kappa shape index (κ2) is 11.9. The van der Waals surface area contributed by atoms with E-state index in [2.05, 4.69) is 27.1 Å². The van der Waals surface area contributed by atoms with Crippen LogP contribution in [0.5, 0.6) is 0 Å². The van der Waals surface area contributed by atoms with E-state index in [9.17, 15) is 0 Å². The zero-order chi connectivity index (χ0) is 31.2. The number of hydrogen-bond acceptors (Lipinski definition) is 4. The number of benzene rings is 2. The summed E-state index contributed by atoms with van der Waals surface area (Å²) in [6.45, 7) is 7.29. The molecule has 0 fully saturated rings. The molecule has 0 aliphatic heterocycles. The summed E-state index contributed by atoms with van der Waals surface area (Å²) in [5, 5.41) is 2.02. The van der Waals surface area contributed by atoms with Crippen LogP contribution >= 0.6 is 11.3 Å². The normalized spacial score (nSPS) is 13.7. The summed E-state index contributed by atoms with van der Waals surface area (Å²) in [5.74, 6) is -0.921. The molecule has 1 radical (unpaired) electrons. The molecule has 0 bridgehead atoms. The monoisotopic (exact) mass is 685 g/mol. The summed E-state index contributed by atoms with van der Waals surface area (Å²) in [7, 11) is 0. The molecule has 5 heteroatoms. The maximum atomic E-state index is 8.13. The summed E-state index contributed by atoms with van der Waals surface area (Å²) in [6, 6.07) is 18.8. The van der Waals surface area contributed by atoms with Crippen LogP contribution in [0.2, 0.25) is 0 Å². The molecule has 187 valence electrons. The molecule has 0 aliphatic carbocycles. The minimum atomic E-state index is -0.921. The van der Waals surface area contributed by atoms with Crippen LogP contribution in [0, 0.1) is 26.0 Å². The largest absolute Gasteiger partial charge is 0.305 e.